The number of carbonyl (C=O) groups excluding carboxylic acids is 1. The van der Waals surface area contributed by atoms with Crippen LogP contribution in [0.3, 0.4) is 0 Å². The molecule has 1 fully saturated rings. The normalized spacial score (nSPS) is 21.3. The Labute approximate surface area is 106 Å². The van der Waals surface area contributed by atoms with Crippen molar-refractivity contribution in [3.8, 4) is 0 Å². The quantitative estimate of drug-likeness (QED) is 0.880. The van der Waals surface area contributed by atoms with Crippen molar-refractivity contribution in [3.63, 3.8) is 0 Å². The number of hydrogen-bond acceptors (Lipinski definition) is 3. The van der Waals surface area contributed by atoms with Crippen molar-refractivity contribution in [1.29, 1.82) is 0 Å². The standard InChI is InChI=1S/C12H17ClN2O2/c1-2-9-6-14-3-4-15(7-9)12(16)11-5-10(13)8-17-11/h5,8-9,14H,2-4,6-7H2,1H3. The third-order valence-electron chi connectivity index (χ3n) is 3.11. The molecule has 1 saturated heterocycles. The van der Waals surface area contributed by atoms with E-state index in [1.807, 2.05) is 4.90 Å². The first-order valence-corrected chi connectivity index (χ1v) is 6.32. The zero-order valence-electron chi connectivity index (χ0n) is 9.91. The molecule has 17 heavy (non-hydrogen) atoms. The maximum atomic E-state index is 12.2. The average molecular weight is 257 g/mol. The number of hydrogen-bond donors (Lipinski definition) is 1. The molecule has 0 aromatic carbocycles. The van der Waals surface area contributed by atoms with Gasteiger partial charge in [0.2, 0.25) is 0 Å². The number of carbonyl (C=O) groups is 1. The monoisotopic (exact) mass is 256 g/mol. The van der Waals surface area contributed by atoms with E-state index in [0.717, 1.165) is 26.1 Å². The second-order valence-electron chi connectivity index (χ2n) is 4.36. The maximum Gasteiger partial charge on any atom is 0.289 e. The Morgan fingerprint density at radius 3 is 3.18 bits per heavy atom. The van der Waals surface area contributed by atoms with E-state index in [2.05, 4.69) is 12.2 Å². The summed E-state index contributed by atoms with van der Waals surface area (Å²) in [4.78, 5) is 14.0. The molecule has 0 aliphatic carbocycles. The van der Waals surface area contributed by atoms with Crippen LogP contribution in [-0.4, -0.2) is 37.0 Å². The molecule has 1 amide bonds. The van der Waals surface area contributed by atoms with E-state index in [0.29, 0.717) is 23.2 Å². The molecule has 1 N–H and O–H groups in total. The molecule has 4 nitrogen and oxygen atoms in total. The fraction of sp³-hybridized carbons (Fsp3) is 0.583. The fourth-order valence-electron chi connectivity index (χ4n) is 2.03. The van der Waals surface area contributed by atoms with Gasteiger partial charge >= 0.3 is 0 Å². The fourth-order valence-corrected chi connectivity index (χ4v) is 2.17. The van der Waals surface area contributed by atoms with Gasteiger partial charge in [0.15, 0.2) is 5.76 Å². The van der Waals surface area contributed by atoms with Gasteiger partial charge in [-0.2, -0.15) is 0 Å². The molecular weight excluding hydrogens is 240 g/mol. The van der Waals surface area contributed by atoms with Crippen LogP contribution < -0.4 is 5.32 Å². The zero-order valence-corrected chi connectivity index (χ0v) is 10.7. The van der Waals surface area contributed by atoms with Crippen molar-refractivity contribution in [2.24, 2.45) is 5.92 Å². The molecule has 1 aliphatic heterocycles. The minimum absolute atomic E-state index is 0.0703. The number of nitrogens with zero attached hydrogens (tertiary/aromatic N) is 1. The molecule has 2 heterocycles. The molecule has 5 heteroatoms. The topological polar surface area (TPSA) is 45.5 Å². The highest BCUT2D eigenvalue weighted by molar-refractivity contribution is 6.30. The van der Waals surface area contributed by atoms with E-state index in [-0.39, 0.29) is 5.91 Å². The Balaban J connectivity index is 2.07. The van der Waals surface area contributed by atoms with Gasteiger partial charge in [-0.15, -0.1) is 0 Å². The Bertz CT molecular complexity index is 392. The second kappa shape index (κ2) is 5.56. The van der Waals surface area contributed by atoms with Gasteiger partial charge in [-0.1, -0.05) is 24.9 Å². The van der Waals surface area contributed by atoms with Crippen LogP contribution in [0.1, 0.15) is 23.9 Å². The van der Waals surface area contributed by atoms with Gasteiger partial charge in [-0.25, -0.2) is 0 Å². The lowest BCUT2D eigenvalue weighted by Gasteiger charge is -2.22. The molecule has 1 aromatic heterocycles. The van der Waals surface area contributed by atoms with E-state index in [9.17, 15) is 4.79 Å². The van der Waals surface area contributed by atoms with Gasteiger partial charge in [0, 0.05) is 25.7 Å². The van der Waals surface area contributed by atoms with Crippen LogP contribution in [0.2, 0.25) is 5.02 Å². The Hall–Kier alpha value is -1.00. The minimum atomic E-state index is -0.0703. The van der Waals surface area contributed by atoms with Gasteiger partial charge in [0.25, 0.3) is 5.91 Å². The summed E-state index contributed by atoms with van der Waals surface area (Å²) in [6.07, 6.45) is 2.46. The van der Waals surface area contributed by atoms with Gasteiger partial charge in [-0.3, -0.25) is 4.79 Å². The molecule has 1 unspecified atom stereocenters. The highest BCUT2D eigenvalue weighted by Gasteiger charge is 2.23. The van der Waals surface area contributed by atoms with Crippen LogP contribution in [0, 0.1) is 5.92 Å². The Morgan fingerprint density at radius 2 is 2.53 bits per heavy atom. The first-order valence-electron chi connectivity index (χ1n) is 5.94. The smallest absolute Gasteiger partial charge is 0.289 e. The van der Waals surface area contributed by atoms with Crippen molar-refractivity contribution in [2.75, 3.05) is 26.2 Å². The lowest BCUT2D eigenvalue weighted by molar-refractivity contribution is 0.0714. The largest absolute Gasteiger partial charge is 0.458 e. The average Bonchev–Trinajstić information content (AvgIpc) is 2.64. The second-order valence-corrected chi connectivity index (χ2v) is 4.80. The first kappa shape index (κ1) is 12.5. The first-order chi connectivity index (χ1) is 8.20. The Kier molecular flexibility index (Phi) is 4.07. The van der Waals surface area contributed by atoms with E-state index < -0.39 is 0 Å². The summed E-state index contributed by atoms with van der Waals surface area (Å²) >= 11 is 5.75. The summed E-state index contributed by atoms with van der Waals surface area (Å²) in [5.74, 6) is 0.762. The highest BCUT2D eigenvalue weighted by Crippen LogP contribution is 2.17. The van der Waals surface area contributed by atoms with Crippen LogP contribution >= 0.6 is 11.6 Å². The highest BCUT2D eigenvalue weighted by atomic mass is 35.5. The maximum absolute atomic E-state index is 12.2. The molecule has 94 valence electrons. The van der Waals surface area contributed by atoms with Crippen LogP contribution in [-0.2, 0) is 0 Å². The summed E-state index contributed by atoms with van der Waals surface area (Å²) in [5, 5.41) is 3.81. The summed E-state index contributed by atoms with van der Waals surface area (Å²) in [6, 6.07) is 1.57. The summed E-state index contributed by atoms with van der Waals surface area (Å²) in [7, 11) is 0. The molecule has 2 rings (SSSR count). The van der Waals surface area contributed by atoms with Crippen LogP contribution in [0.25, 0.3) is 0 Å². The van der Waals surface area contributed by atoms with Crippen LogP contribution in [0.4, 0.5) is 0 Å². The van der Waals surface area contributed by atoms with E-state index >= 15 is 0 Å². The third-order valence-corrected chi connectivity index (χ3v) is 3.31. The molecule has 1 aliphatic rings. The van der Waals surface area contributed by atoms with E-state index in [1.54, 1.807) is 6.07 Å². The molecule has 0 bridgehead atoms. The van der Waals surface area contributed by atoms with Crippen molar-refractivity contribution in [2.45, 2.75) is 13.3 Å². The summed E-state index contributed by atoms with van der Waals surface area (Å²) < 4.78 is 5.15. The zero-order chi connectivity index (χ0) is 12.3. The van der Waals surface area contributed by atoms with Crippen molar-refractivity contribution in [3.05, 3.63) is 23.1 Å². The third kappa shape index (κ3) is 3.01. The molecule has 0 saturated carbocycles. The van der Waals surface area contributed by atoms with Crippen LogP contribution in [0.15, 0.2) is 16.7 Å². The number of nitrogens with one attached hydrogen (secondary N) is 1. The van der Waals surface area contributed by atoms with Gasteiger partial charge in [0.05, 0.1) is 5.02 Å². The lowest BCUT2D eigenvalue weighted by Crippen LogP contribution is -2.35. The van der Waals surface area contributed by atoms with E-state index in [4.69, 9.17) is 16.0 Å². The van der Waals surface area contributed by atoms with Gasteiger partial charge < -0.3 is 14.6 Å². The number of furan rings is 1. The minimum Gasteiger partial charge on any atom is -0.458 e. The molecule has 0 spiro atoms. The number of rotatable bonds is 2. The van der Waals surface area contributed by atoms with Crippen molar-refractivity contribution in [1.82, 2.24) is 10.2 Å². The number of amides is 1. The SMILES string of the molecule is CCC1CNCCN(C(=O)c2cc(Cl)co2)C1. The summed E-state index contributed by atoms with van der Waals surface area (Å²) in [6.45, 7) is 5.44. The predicted molar refractivity (Wildman–Crippen MR) is 66.3 cm³/mol. The lowest BCUT2D eigenvalue weighted by atomic mass is 10.1. The molecule has 1 aromatic rings. The Morgan fingerprint density at radius 1 is 1.71 bits per heavy atom. The van der Waals surface area contributed by atoms with Gasteiger partial charge in [-0.05, 0) is 12.5 Å². The molecule has 1 atom stereocenters. The predicted octanol–water partition coefficient (Wildman–Crippen LogP) is 2.00. The van der Waals surface area contributed by atoms with Crippen molar-refractivity contribution < 1.29 is 9.21 Å². The number of halogens is 1. The molecular formula is C12H17ClN2O2. The summed E-state index contributed by atoms with van der Waals surface area (Å²) in [5.41, 5.74) is 0. The van der Waals surface area contributed by atoms with Gasteiger partial charge in [0.1, 0.15) is 6.26 Å². The van der Waals surface area contributed by atoms with E-state index in [1.165, 1.54) is 6.26 Å². The van der Waals surface area contributed by atoms with Crippen LogP contribution in [0.5, 0.6) is 0 Å². The van der Waals surface area contributed by atoms with Crippen molar-refractivity contribution >= 4 is 17.5 Å². The molecule has 0 radical (unpaired) electrons.